The molecule has 134 valence electrons. The lowest BCUT2D eigenvalue weighted by Crippen LogP contribution is -2.08. The van der Waals surface area contributed by atoms with Crippen LogP contribution in [0.4, 0.5) is 36.6 Å². The van der Waals surface area contributed by atoms with Crippen molar-refractivity contribution < 1.29 is 13.2 Å². The smallest absolute Gasteiger partial charge is 0.368 e. The van der Waals surface area contributed by atoms with E-state index in [2.05, 4.69) is 30.6 Å². The summed E-state index contributed by atoms with van der Waals surface area (Å²) in [6, 6.07) is 6.62. The largest absolute Gasteiger partial charge is 0.416 e. The van der Waals surface area contributed by atoms with Crippen LogP contribution in [0.1, 0.15) is 11.1 Å². The van der Waals surface area contributed by atoms with E-state index in [1.165, 1.54) is 24.7 Å². The van der Waals surface area contributed by atoms with Crippen LogP contribution >= 0.6 is 0 Å². The van der Waals surface area contributed by atoms with Crippen molar-refractivity contribution in [2.45, 2.75) is 12.7 Å². The Balaban J connectivity index is 1.72. The maximum absolute atomic E-state index is 12.8. The minimum Gasteiger partial charge on any atom is -0.368 e. The predicted octanol–water partition coefficient (Wildman–Crippen LogP) is 3.22. The standard InChI is InChI=1S/C16H14F3N7/c17-16(18,19)11-3-1-2-10(6-11)8-23-12-7-13(26-15(20)25-12)24-14-9-21-4-5-22-14/h1-7,9H,8H2,(H4,20,22,23,24,25,26). The fourth-order valence-corrected chi connectivity index (χ4v) is 2.17. The quantitative estimate of drug-likeness (QED) is 0.641. The van der Waals surface area contributed by atoms with Crippen molar-refractivity contribution in [1.82, 2.24) is 19.9 Å². The van der Waals surface area contributed by atoms with Gasteiger partial charge in [0.25, 0.3) is 0 Å². The minimum atomic E-state index is -4.39. The first-order valence-corrected chi connectivity index (χ1v) is 7.48. The lowest BCUT2D eigenvalue weighted by molar-refractivity contribution is -0.137. The molecule has 26 heavy (non-hydrogen) atoms. The molecule has 0 amide bonds. The molecule has 0 radical (unpaired) electrons. The van der Waals surface area contributed by atoms with Crippen molar-refractivity contribution >= 4 is 23.4 Å². The maximum atomic E-state index is 12.8. The van der Waals surface area contributed by atoms with Crippen molar-refractivity contribution in [3.63, 3.8) is 0 Å². The van der Waals surface area contributed by atoms with E-state index in [0.717, 1.165) is 12.1 Å². The van der Waals surface area contributed by atoms with Crippen LogP contribution in [0.5, 0.6) is 0 Å². The highest BCUT2D eigenvalue weighted by molar-refractivity contribution is 5.57. The van der Waals surface area contributed by atoms with Crippen LogP contribution < -0.4 is 16.4 Å². The molecule has 4 N–H and O–H groups in total. The zero-order valence-corrected chi connectivity index (χ0v) is 13.3. The maximum Gasteiger partial charge on any atom is 0.416 e. The third-order valence-corrected chi connectivity index (χ3v) is 3.29. The van der Waals surface area contributed by atoms with Crippen LogP contribution in [0, 0.1) is 0 Å². The second-order valence-corrected chi connectivity index (χ2v) is 5.26. The van der Waals surface area contributed by atoms with Crippen molar-refractivity contribution in [3.05, 3.63) is 60.0 Å². The summed E-state index contributed by atoms with van der Waals surface area (Å²) in [7, 11) is 0. The Bertz CT molecular complexity index is 885. The Hall–Kier alpha value is -3.43. The number of nitrogen functional groups attached to an aromatic ring is 1. The van der Waals surface area contributed by atoms with Crippen LogP contribution in [0.3, 0.4) is 0 Å². The molecule has 0 fully saturated rings. The number of aromatic nitrogens is 4. The predicted molar refractivity (Wildman–Crippen MR) is 90.5 cm³/mol. The molecule has 0 unspecified atom stereocenters. The van der Waals surface area contributed by atoms with Crippen molar-refractivity contribution in [2.75, 3.05) is 16.4 Å². The summed E-state index contributed by atoms with van der Waals surface area (Å²) in [5.41, 5.74) is 5.43. The highest BCUT2D eigenvalue weighted by atomic mass is 19.4. The summed E-state index contributed by atoms with van der Waals surface area (Å²) in [5.74, 6) is 1.21. The number of hydrogen-bond acceptors (Lipinski definition) is 7. The fourth-order valence-electron chi connectivity index (χ4n) is 2.17. The van der Waals surface area contributed by atoms with Crippen LogP contribution in [0.15, 0.2) is 48.9 Å². The molecule has 0 aliphatic rings. The Labute approximate surface area is 146 Å². The van der Waals surface area contributed by atoms with Gasteiger partial charge in [-0.25, -0.2) is 4.98 Å². The first-order chi connectivity index (χ1) is 12.4. The summed E-state index contributed by atoms with van der Waals surface area (Å²) in [6.45, 7) is 0.144. The number of halogens is 3. The van der Waals surface area contributed by atoms with E-state index >= 15 is 0 Å². The first kappa shape index (κ1) is 17.4. The number of nitrogens with one attached hydrogen (secondary N) is 2. The molecule has 2 aromatic heterocycles. The van der Waals surface area contributed by atoms with Gasteiger partial charge < -0.3 is 16.4 Å². The van der Waals surface area contributed by atoms with Crippen molar-refractivity contribution in [3.8, 4) is 0 Å². The van der Waals surface area contributed by atoms with Gasteiger partial charge in [-0.2, -0.15) is 23.1 Å². The molecule has 7 nitrogen and oxygen atoms in total. The van der Waals surface area contributed by atoms with Crippen LogP contribution in [-0.4, -0.2) is 19.9 Å². The lowest BCUT2D eigenvalue weighted by atomic mass is 10.1. The number of hydrogen-bond donors (Lipinski definition) is 3. The Morgan fingerprint density at radius 2 is 1.81 bits per heavy atom. The van der Waals surface area contributed by atoms with Gasteiger partial charge in [-0.1, -0.05) is 12.1 Å². The van der Waals surface area contributed by atoms with Crippen molar-refractivity contribution in [2.24, 2.45) is 0 Å². The highest BCUT2D eigenvalue weighted by Crippen LogP contribution is 2.29. The lowest BCUT2D eigenvalue weighted by Gasteiger charge is -2.11. The molecule has 3 rings (SSSR count). The van der Waals surface area contributed by atoms with E-state index in [4.69, 9.17) is 5.73 Å². The molecule has 0 bridgehead atoms. The van der Waals surface area contributed by atoms with Crippen LogP contribution in [0.25, 0.3) is 0 Å². The number of rotatable bonds is 5. The number of alkyl halides is 3. The third-order valence-electron chi connectivity index (χ3n) is 3.29. The molecule has 3 aromatic rings. The molecular formula is C16H14F3N7. The van der Waals surface area contributed by atoms with Gasteiger partial charge in [-0.3, -0.25) is 4.98 Å². The van der Waals surface area contributed by atoms with E-state index in [9.17, 15) is 13.2 Å². The summed E-state index contributed by atoms with van der Waals surface area (Å²) < 4.78 is 38.3. The minimum absolute atomic E-state index is 0.00503. The van der Waals surface area contributed by atoms with E-state index in [0.29, 0.717) is 23.0 Å². The summed E-state index contributed by atoms with van der Waals surface area (Å²) >= 11 is 0. The molecule has 0 aliphatic heterocycles. The van der Waals surface area contributed by atoms with Gasteiger partial charge in [-0.05, 0) is 17.7 Å². The molecule has 0 atom stereocenters. The van der Waals surface area contributed by atoms with Crippen molar-refractivity contribution in [1.29, 1.82) is 0 Å². The van der Waals surface area contributed by atoms with E-state index < -0.39 is 11.7 Å². The summed E-state index contributed by atoms with van der Waals surface area (Å²) in [4.78, 5) is 16.0. The van der Waals surface area contributed by atoms with E-state index in [-0.39, 0.29) is 12.5 Å². The average molecular weight is 361 g/mol. The third kappa shape index (κ3) is 4.56. The molecule has 0 spiro atoms. The summed E-state index contributed by atoms with van der Waals surface area (Å²) in [5, 5.41) is 5.85. The van der Waals surface area contributed by atoms with Crippen LogP contribution in [-0.2, 0) is 12.7 Å². The van der Waals surface area contributed by atoms with Gasteiger partial charge in [0.1, 0.15) is 17.5 Å². The molecule has 10 heteroatoms. The van der Waals surface area contributed by atoms with Gasteiger partial charge in [0.15, 0.2) is 0 Å². The number of benzene rings is 1. The van der Waals surface area contributed by atoms with Crippen LogP contribution in [0.2, 0.25) is 0 Å². The topological polar surface area (TPSA) is 102 Å². The molecule has 0 saturated heterocycles. The van der Waals surface area contributed by atoms with Gasteiger partial charge in [0, 0.05) is 25.0 Å². The molecule has 2 heterocycles. The Morgan fingerprint density at radius 3 is 2.54 bits per heavy atom. The van der Waals surface area contributed by atoms with Gasteiger partial charge in [0.2, 0.25) is 5.95 Å². The molecule has 0 aliphatic carbocycles. The van der Waals surface area contributed by atoms with E-state index in [1.807, 2.05) is 0 Å². The number of nitrogens with two attached hydrogens (primary N) is 1. The normalized spacial score (nSPS) is 11.2. The fraction of sp³-hybridized carbons (Fsp3) is 0.125. The second-order valence-electron chi connectivity index (χ2n) is 5.26. The molecular weight excluding hydrogens is 347 g/mol. The zero-order chi connectivity index (χ0) is 18.6. The number of anilines is 4. The van der Waals surface area contributed by atoms with Gasteiger partial charge in [0.05, 0.1) is 11.8 Å². The molecule has 1 aromatic carbocycles. The Kier molecular flexibility index (Phi) is 4.83. The average Bonchev–Trinajstić information content (AvgIpc) is 2.60. The zero-order valence-electron chi connectivity index (χ0n) is 13.3. The monoisotopic (exact) mass is 361 g/mol. The van der Waals surface area contributed by atoms with E-state index in [1.54, 1.807) is 12.1 Å². The van der Waals surface area contributed by atoms with Gasteiger partial charge >= 0.3 is 6.18 Å². The van der Waals surface area contributed by atoms with Gasteiger partial charge in [-0.15, -0.1) is 0 Å². The Morgan fingerprint density at radius 1 is 1.00 bits per heavy atom. The second kappa shape index (κ2) is 7.21. The first-order valence-electron chi connectivity index (χ1n) is 7.48. The highest BCUT2D eigenvalue weighted by Gasteiger charge is 2.30. The molecule has 0 saturated carbocycles. The number of nitrogens with zero attached hydrogens (tertiary/aromatic N) is 4. The summed E-state index contributed by atoms with van der Waals surface area (Å²) in [6.07, 6.45) is 0.165. The SMILES string of the molecule is Nc1nc(NCc2cccc(C(F)(F)F)c2)cc(Nc2cnccn2)n1.